The second-order valence-electron chi connectivity index (χ2n) is 8.58. The number of pyridine rings is 1. The van der Waals surface area contributed by atoms with Crippen molar-refractivity contribution >= 4 is 22.9 Å². The number of halogens is 1. The number of nitrogens with zero attached hydrogens (tertiary/aromatic N) is 2. The number of hydrogen-bond donors (Lipinski definition) is 1. The first kappa shape index (κ1) is 22.2. The Morgan fingerprint density at radius 2 is 1.91 bits per heavy atom. The first-order chi connectivity index (χ1) is 15.6. The summed E-state index contributed by atoms with van der Waals surface area (Å²) in [5.41, 5.74) is 6.76. The van der Waals surface area contributed by atoms with Crippen LogP contribution in [0.25, 0.3) is 17.0 Å². The van der Waals surface area contributed by atoms with Crippen LogP contribution in [0.3, 0.4) is 0 Å². The smallest absolute Gasteiger partial charge is 0.265 e. The van der Waals surface area contributed by atoms with Gasteiger partial charge in [-0.3, -0.25) is 15.2 Å². The normalized spacial score (nSPS) is 18.6. The standard InChI is InChI=1S/C27H30FN3O/c1-3-19-5-11-22(12-6-19)27(32)30-31(4-2)18-20-7-9-21(10-8-20)24-15-16-29-26-14-13-23(28)17-25(24)26/h3,5-6,11-17,20-21H,1,4,7-10,18H2,2H3,(H,30,32). The van der Waals surface area contributed by atoms with Gasteiger partial charge in [-0.25, -0.2) is 9.40 Å². The van der Waals surface area contributed by atoms with Gasteiger partial charge in [0.1, 0.15) is 5.82 Å². The Hall–Kier alpha value is -3.05. The molecule has 1 N–H and O–H groups in total. The van der Waals surface area contributed by atoms with E-state index in [4.69, 9.17) is 0 Å². The van der Waals surface area contributed by atoms with Crippen LogP contribution < -0.4 is 5.43 Å². The van der Waals surface area contributed by atoms with E-state index in [1.807, 2.05) is 41.5 Å². The average Bonchev–Trinajstić information content (AvgIpc) is 2.83. The molecule has 1 heterocycles. The lowest BCUT2D eigenvalue weighted by Gasteiger charge is -2.33. The zero-order valence-corrected chi connectivity index (χ0v) is 18.6. The van der Waals surface area contributed by atoms with Crippen LogP contribution in [0.2, 0.25) is 0 Å². The fourth-order valence-electron chi connectivity index (χ4n) is 4.70. The molecule has 2 aromatic carbocycles. The summed E-state index contributed by atoms with van der Waals surface area (Å²) in [5, 5.41) is 2.95. The Morgan fingerprint density at radius 1 is 1.16 bits per heavy atom. The van der Waals surface area contributed by atoms with Crippen molar-refractivity contribution in [1.29, 1.82) is 0 Å². The molecule has 4 nitrogen and oxygen atoms in total. The molecule has 1 aliphatic carbocycles. The molecule has 0 radical (unpaired) electrons. The molecule has 0 bridgehead atoms. The Labute approximate surface area is 189 Å². The van der Waals surface area contributed by atoms with E-state index in [-0.39, 0.29) is 11.7 Å². The lowest BCUT2D eigenvalue weighted by molar-refractivity contribution is 0.0746. The van der Waals surface area contributed by atoms with Gasteiger partial charge in [0.25, 0.3) is 5.91 Å². The summed E-state index contributed by atoms with van der Waals surface area (Å²) in [4.78, 5) is 17.0. The molecule has 0 spiro atoms. The van der Waals surface area contributed by atoms with Gasteiger partial charge >= 0.3 is 0 Å². The summed E-state index contributed by atoms with van der Waals surface area (Å²) < 4.78 is 13.8. The lowest BCUT2D eigenvalue weighted by Crippen LogP contribution is -2.45. The zero-order chi connectivity index (χ0) is 22.5. The quantitative estimate of drug-likeness (QED) is 0.470. The third-order valence-corrected chi connectivity index (χ3v) is 6.55. The number of aromatic nitrogens is 1. The minimum Gasteiger partial charge on any atom is -0.285 e. The van der Waals surface area contributed by atoms with E-state index in [9.17, 15) is 9.18 Å². The number of hydrogen-bond acceptors (Lipinski definition) is 3. The van der Waals surface area contributed by atoms with Gasteiger partial charge in [-0.2, -0.15) is 0 Å². The molecule has 0 aliphatic heterocycles. The summed E-state index contributed by atoms with van der Waals surface area (Å²) >= 11 is 0. The van der Waals surface area contributed by atoms with Crippen LogP contribution in [0, 0.1) is 11.7 Å². The van der Waals surface area contributed by atoms with E-state index < -0.39 is 0 Å². The maximum absolute atomic E-state index is 13.8. The summed E-state index contributed by atoms with van der Waals surface area (Å²) in [7, 11) is 0. The van der Waals surface area contributed by atoms with Crippen molar-refractivity contribution in [3.63, 3.8) is 0 Å². The van der Waals surface area contributed by atoms with E-state index in [0.29, 0.717) is 17.4 Å². The predicted octanol–water partition coefficient (Wildman–Crippen LogP) is 5.96. The lowest BCUT2D eigenvalue weighted by atomic mass is 9.78. The minimum absolute atomic E-state index is 0.0820. The highest BCUT2D eigenvalue weighted by Gasteiger charge is 2.25. The van der Waals surface area contributed by atoms with Crippen molar-refractivity contribution in [2.75, 3.05) is 13.1 Å². The van der Waals surface area contributed by atoms with E-state index in [1.165, 1.54) is 11.6 Å². The van der Waals surface area contributed by atoms with Gasteiger partial charge in [0.15, 0.2) is 0 Å². The van der Waals surface area contributed by atoms with E-state index in [2.05, 4.69) is 23.9 Å². The first-order valence-corrected chi connectivity index (χ1v) is 11.4. The number of carbonyl (C=O) groups excluding carboxylic acids is 1. The van der Waals surface area contributed by atoms with Gasteiger partial charge in [0.05, 0.1) is 5.52 Å². The van der Waals surface area contributed by atoms with Gasteiger partial charge in [-0.1, -0.05) is 31.7 Å². The summed E-state index contributed by atoms with van der Waals surface area (Å²) in [6.07, 6.45) is 7.90. The molecule has 1 amide bonds. The highest BCUT2D eigenvalue weighted by molar-refractivity contribution is 5.94. The highest BCUT2D eigenvalue weighted by Crippen LogP contribution is 2.38. The molecule has 3 aromatic rings. The molecule has 1 aliphatic rings. The number of fused-ring (bicyclic) bond motifs is 1. The van der Waals surface area contributed by atoms with Crippen molar-refractivity contribution < 1.29 is 9.18 Å². The van der Waals surface area contributed by atoms with Crippen LogP contribution in [0.1, 0.15) is 60.0 Å². The van der Waals surface area contributed by atoms with Crippen molar-refractivity contribution in [2.45, 2.75) is 38.5 Å². The first-order valence-electron chi connectivity index (χ1n) is 11.4. The topological polar surface area (TPSA) is 45.2 Å². The van der Waals surface area contributed by atoms with Crippen LogP contribution in [0.5, 0.6) is 0 Å². The third-order valence-electron chi connectivity index (χ3n) is 6.55. The van der Waals surface area contributed by atoms with Crippen LogP contribution in [0.15, 0.2) is 61.3 Å². The molecule has 166 valence electrons. The maximum atomic E-state index is 13.8. The fraction of sp³-hybridized carbons (Fsp3) is 0.333. The highest BCUT2D eigenvalue weighted by atomic mass is 19.1. The average molecular weight is 432 g/mol. The molecule has 1 fully saturated rings. The second-order valence-corrected chi connectivity index (χ2v) is 8.58. The summed E-state index contributed by atoms with van der Waals surface area (Å²) in [5.74, 6) is 0.654. The third kappa shape index (κ3) is 5.05. The SMILES string of the molecule is C=Cc1ccc(C(=O)NN(CC)CC2CCC(c3ccnc4ccc(F)cc34)CC2)cc1. The molecular weight excluding hydrogens is 401 g/mol. The Kier molecular flexibility index (Phi) is 6.96. The van der Waals surface area contributed by atoms with Gasteiger partial charge in [0.2, 0.25) is 0 Å². The van der Waals surface area contributed by atoms with Gasteiger partial charge < -0.3 is 0 Å². The zero-order valence-electron chi connectivity index (χ0n) is 18.6. The molecule has 4 rings (SSSR count). The number of benzene rings is 2. The largest absolute Gasteiger partial charge is 0.285 e. The van der Waals surface area contributed by atoms with Gasteiger partial charge in [-0.15, -0.1) is 0 Å². The van der Waals surface area contributed by atoms with E-state index >= 15 is 0 Å². The molecule has 0 saturated heterocycles. The van der Waals surface area contributed by atoms with Crippen LogP contribution in [0.4, 0.5) is 4.39 Å². The molecule has 5 heteroatoms. The predicted molar refractivity (Wildman–Crippen MR) is 128 cm³/mol. The molecule has 0 unspecified atom stereocenters. The van der Waals surface area contributed by atoms with E-state index in [0.717, 1.165) is 55.2 Å². The molecule has 1 saturated carbocycles. The summed E-state index contributed by atoms with van der Waals surface area (Å²) in [6.45, 7) is 7.40. The Balaban J connectivity index is 1.35. The number of rotatable bonds is 7. The number of amides is 1. The molecule has 32 heavy (non-hydrogen) atoms. The van der Waals surface area contributed by atoms with Crippen LogP contribution >= 0.6 is 0 Å². The van der Waals surface area contributed by atoms with Crippen LogP contribution in [-0.2, 0) is 0 Å². The molecule has 0 atom stereocenters. The van der Waals surface area contributed by atoms with Crippen molar-refractivity contribution in [1.82, 2.24) is 15.4 Å². The Bertz CT molecular complexity index is 1090. The van der Waals surface area contributed by atoms with Gasteiger partial charge in [0, 0.05) is 30.2 Å². The van der Waals surface area contributed by atoms with Crippen LogP contribution in [-0.4, -0.2) is 29.0 Å². The number of carbonyl (C=O) groups is 1. The number of nitrogens with one attached hydrogen (secondary N) is 1. The van der Waals surface area contributed by atoms with Crippen molar-refractivity contribution in [3.05, 3.63) is 83.8 Å². The summed E-state index contributed by atoms with van der Waals surface area (Å²) in [6, 6.07) is 14.3. The molecule has 1 aromatic heterocycles. The second kappa shape index (κ2) is 10.0. The number of hydrazine groups is 1. The monoisotopic (exact) mass is 431 g/mol. The Morgan fingerprint density at radius 3 is 2.59 bits per heavy atom. The molecular formula is C27H30FN3O. The fourth-order valence-corrected chi connectivity index (χ4v) is 4.70. The van der Waals surface area contributed by atoms with Crippen molar-refractivity contribution in [3.8, 4) is 0 Å². The van der Waals surface area contributed by atoms with E-state index in [1.54, 1.807) is 18.2 Å². The minimum atomic E-state index is -0.214. The maximum Gasteiger partial charge on any atom is 0.265 e. The van der Waals surface area contributed by atoms with Gasteiger partial charge in [-0.05, 0) is 85.0 Å². The van der Waals surface area contributed by atoms with Crippen molar-refractivity contribution in [2.24, 2.45) is 5.92 Å².